The molecule has 0 radical (unpaired) electrons. The van der Waals surface area contributed by atoms with Crippen molar-refractivity contribution in [1.82, 2.24) is 0 Å². The summed E-state index contributed by atoms with van der Waals surface area (Å²) in [4.78, 5) is 10.5. The molecule has 0 aliphatic heterocycles. The van der Waals surface area contributed by atoms with Crippen LogP contribution in [-0.2, 0) is 11.5 Å². The number of thioether (sulfide) groups is 1. The van der Waals surface area contributed by atoms with E-state index in [0.29, 0.717) is 4.47 Å². The number of halogens is 1. The van der Waals surface area contributed by atoms with E-state index in [2.05, 4.69) is 35.0 Å². The Balaban J connectivity index is 2.03. The van der Waals surface area contributed by atoms with Gasteiger partial charge in [0.25, 0.3) is 5.69 Å². The van der Waals surface area contributed by atoms with Crippen molar-refractivity contribution < 1.29 is 4.92 Å². The summed E-state index contributed by atoms with van der Waals surface area (Å²) in [6.45, 7) is 2.10. The molecule has 20 heavy (non-hydrogen) atoms. The molecule has 2 aromatic rings. The van der Waals surface area contributed by atoms with Crippen molar-refractivity contribution in [1.29, 1.82) is 0 Å². The van der Waals surface area contributed by atoms with Crippen LogP contribution in [0.15, 0.2) is 46.9 Å². The summed E-state index contributed by atoms with van der Waals surface area (Å²) in [5.74, 6) is 1.65. The van der Waals surface area contributed by atoms with E-state index in [4.69, 9.17) is 0 Å². The Morgan fingerprint density at radius 3 is 2.45 bits per heavy atom. The fourth-order valence-corrected chi connectivity index (χ4v) is 3.70. The van der Waals surface area contributed by atoms with E-state index in [-0.39, 0.29) is 10.6 Å². The molecule has 0 saturated carbocycles. The first-order chi connectivity index (χ1) is 9.59. The Morgan fingerprint density at radius 2 is 1.75 bits per heavy atom. The standard InChI is InChI=1S/C15H14BrNO2S/c1-11-5-2-3-6-12(11)9-20-10-13-7-4-8-14(15(13)16)17(18)19/h2-8H,9-10H2,1H3. The van der Waals surface area contributed by atoms with Crippen molar-refractivity contribution in [3.8, 4) is 0 Å². The van der Waals surface area contributed by atoms with Crippen LogP contribution in [0.5, 0.6) is 0 Å². The van der Waals surface area contributed by atoms with E-state index in [9.17, 15) is 10.1 Å². The van der Waals surface area contributed by atoms with E-state index < -0.39 is 0 Å². The highest BCUT2D eigenvalue weighted by Crippen LogP contribution is 2.31. The minimum atomic E-state index is -0.362. The third-order valence-corrected chi connectivity index (χ3v) is 4.98. The molecule has 0 aliphatic rings. The molecule has 0 bridgehead atoms. The molecule has 0 aromatic heterocycles. The van der Waals surface area contributed by atoms with Gasteiger partial charge >= 0.3 is 0 Å². The molecule has 0 unspecified atom stereocenters. The second-order valence-electron chi connectivity index (χ2n) is 4.43. The number of rotatable bonds is 5. The first kappa shape index (κ1) is 15.1. The van der Waals surface area contributed by atoms with Crippen LogP contribution in [0.4, 0.5) is 5.69 Å². The monoisotopic (exact) mass is 351 g/mol. The van der Waals surface area contributed by atoms with E-state index in [1.807, 2.05) is 18.2 Å². The Kier molecular flexibility index (Phi) is 5.20. The molecule has 5 heteroatoms. The van der Waals surface area contributed by atoms with Crippen molar-refractivity contribution in [2.45, 2.75) is 18.4 Å². The van der Waals surface area contributed by atoms with Gasteiger partial charge in [-0.2, -0.15) is 11.8 Å². The molecule has 0 spiro atoms. The lowest BCUT2D eigenvalue weighted by Gasteiger charge is -2.07. The summed E-state index contributed by atoms with van der Waals surface area (Å²) in [5, 5.41) is 10.9. The Labute approximate surface area is 130 Å². The highest BCUT2D eigenvalue weighted by atomic mass is 79.9. The summed E-state index contributed by atoms with van der Waals surface area (Å²) in [7, 11) is 0. The van der Waals surface area contributed by atoms with Gasteiger partial charge in [-0.05, 0) is 39.5 Å². The molecule has 2 aromatic carbocycles. The maximum atomic E-state index is 10.9. The fraction of sp³-hybridized carbons (Fsp3) is 0.200. The molecular formula is C15H14BrNO2S. The second kappa shape index (κ2) is 6.90. The minimum absolute atomic E-state index is 0.124. The van der Waals surface area contributed by atoms with Crippen LogP contribution in [0.3, 0.4) is 0 Å². The van der Waals surface area contributed by atoms with Gasteiger partial charge in [0.1, 0.15) is 0 Å². The zero-order chi connectivity index (χ0) is 14.5. The van der Waals surface area contributed by atoms with Gasteiger partial charge < -0.3 is 0 Å². The number of hydrogen-bond donors (Lipinski definition) is 0. The van der Waals surface area contributed by atoms with Crippen LogP contribution in [0.25, 0.3) is 0 Å². The maximum Gasteiger partial charge on any atom is 0.283 e. The SMILES string of the molecule is Cc1ccccc1CSCc1cccc([N+](=O)[O-])c1Br. The van der Waals surface area contributed by atoms with Crippen molar-refractivity contribution in [3.63, 3.8) is 0 Å². The number of nitro groups is 1. The normalized spacial score (nSPS) is 10.5. The number of aryl methyl sites for hydroxylation is 1. The summed E-state index contributed by atoms with van der Waals surface area (Å²) in [5.41, 5.74) is 3.66. The van der Waals surface area contributed by atoms with E-state index in [0.717, 1.165) is 17.1 Å². The van der Waals surface area contributed by atoms with Crippen LogP contribution in [0, 0.1) is 17.0 Å². The Morgan fingerprint density at radius 1 is 1.10 bits per heavy atom. The maximum absolute atomic E-state index is 10.9. The predicted octanol–water partition coefficient (Wildman–Crippen LogP) is 5.10. The fourth-order valence-electron chi connectivity index (χ4n) is 1.86. The quantitative estimate of drug-likeness (QED) is 0.555. The molecule has 3 nitrogen and oxygen atoms in total. The van der Waals surface area contributed by atoms with Crippen LogP contribution in [-0.4, -0.2) is 4.92 Å². The molecular weight excluding hydrogens is 338 g/mol. The van der Waals surface area contributed by atoms with Gasteiger partial charge in [-0.15, -0.1) is 0 Å². The van der Waals surface area contributed by atoms with Crippen molar-refractivity contribution in [2.75, 3.05) is 0 Å². The molecule has 0 atom stereocenters. The summed E-state index contributed by atoms with van der Waals surface area (Å²) in [6.07, 6.45) is 0. The average molecular weight is 352 g/mol. The molecule has 2 rings (SSSR count). The molecule has 0 heterocycles. The van der Waals surface area contributed by atoms with Gasteiger partial charge in [0.15, 0.2) is 0 Å². The molecule has 0 amide bonds. The molecule has 0 saturated heterocycles. The third-order valence-electron chi connectivity index (χ3n) is 3.03. The van der Waals surface area contributed by atoms with Crippen LogP contribution in [0.1, 0.15) is 16.7 Å². The van der Waals surface area contributed by atoms with Gasteiger partial charge in [-0.3, -0.25) is 10.1 Å². The summed E-state index contributed by atoms with van der Waals surface area (Å²) in [6, 6.07) is 13.4. The van der Waals surface area contributed by atoms with Crippen molar-refractivity contribution in [3.05, 3.63) is 73.7 Å². The van der Waals surface area contributed by atoms with Gasteiger partial charge in [0.05, 0.1) is 9.40 Å². The Bertz CT molecular complexity index is 631. The summed E-state index contributed by atoms with van der Waals surface area (Å²) >= 11 is 5.08. The molecule has 0 aliphatic carbocycles. The number of nitro benzene ring substituents is 1. The van der Waals surface area contributed by atoms with E-state index >= 15 is 0 Å². The zero-order valence-electron chi connectivity index (χ0n) is 11.0. The van der Waals surface area contributed by atoms with Gasteiger partial charge in [0.2, 0.25) is 0 Å². The van der Waals surface area contributed by atoms with E-state index in [1.165, 1.54) is 17.2 Å². The van der Waals surface area contributed by atoms with Gasteiger partial charge in [-0.25, -0.2) is 0 Å². The van der Waals surface area contributed by atoms with Crippen molar-refractivity contribution in [2.24, 2.45) is 0 Å². The zero-order valence-corrected chi connectivity index (χ0v) is 13.4. The number of nitrogens with zero attached hydrogens (tertiary/aromatic N) is 1. The minimum Gasteiger partial charge on any atom is -0.258 e. The topological polar surface area (TPSA) is 43.1 Å². The predicted molar refractivity (Wildman–Crippen MR) is 87.0 cm³/mol. The first-order valence-corrected chi connectivity index (χ1v) is 8.08. The van der Waals surface area contributed by atoms with Crippen LogP contribution >= 0.6 is 27.7 Å². The van der Waals surface area contributed by atoms with Crippen LogP contribution in [0.2, 0.25) is 0 Å². The third kappa shape index (κ3) is 3.61. The molecule has 104 valence electrons. The average Bonchev–Trinajstić information content (AvgIpc) is 2.42. The number of hydrogen-bond acceptors (Lipinski definition) is 3. The lowest BCUT2D eigenvalue weighted by Crippen LogP contribution is -1.93. The summed E-state index contributed by atoms with van der Waals surface area (Å²) < 4.78 is 0.585. The number of benzene rings is 2. The Hall–Kier alpha value is -1.33. The lowest BCUT2D eigenvalue weighted by atomic mass is 10.1. The smallest absolute Gasteiger partial charge is 0.258 e. The van der Waals surface area contributed by atoms with Gasteiger partial charge in [-0.1, -0.05) is 36.4 Å². The molecule has 0 N–H and O–H groups in total. The molecule has 0 fully saturated rings. The van der Waals surface area contributed by atoms with E-state index in [1.54, 1.807) is 17.8 Å². The van der Waals surface area contributed by atoms with Gasteiger partial charge in [0, 0.05) is 17.6 Å². The second-order valence-corrected chi connectivity index (χ2v) is 6.21. The van der Waals surface area contributed by atoms with Crippen LogP contribution < -0.4 is 0 Å². The highest BCUT2D eigenvalue weighted by Gasteiger charge is 2.14. The largest absolute Gasteiger partial charge is 0.283 e. The first-order valence-electron chi connectivity index (χ1n) is 6.13. The van der Waals surface area contributed by atoms with Crippen molar-refractivity contribution >= 4 is 33.4 Å². The lowest BCUT2D eigenvalue weighted by molar-refractivity contribution is -0.385. The highest BCUT2D eigenvalue weighted by molar-refractivity contribution is 9.10.